The summed E-state index contributed by atoms with van der Waals surface area (Å²) in [5.74, 6) is 0.539. The molecule has 2 rings (SSSR count). The molecule has 0 saturated carbocycles. The highest BCUT2D eigenvalue weighted by atomic mass is 16.7. The van der Waals surface area contributed by atoms with Crippen LogP contribution in [0.5, 0.6) is 5.75 Å². The summed E-state index contributed by atoms with van der Waals surface area (Å²) in [6, 6.07) is 18.3. The van der Waals surface area contributed by atoms with Gasteiger partial charge in [0.2, 0.25) is 6.29 Å². The van der Waals surface area contributed by atoms with E-state index >= 15 is 0 Å². The molecular formula is C35H56NO3+. The zero-order valence-corrected chi connectivity index (χ0v) is 25.6. The van der Waals surface area contributed by atoms with Crippen LogP contribution in [-0.2, 0) is 22.5 Å². The Morgan fingerprint density at radius 3 is 1.85 bits per heavy atom. The van der Waals surface area contributed by atoms with Gasteiger partial charge < -0.3 is 14.0 Å². The fraction of sp³-hybridized carbons (Fsp3) is 0.629. The van der Waals surface area contributed by atoms with Crippen molar-refractivity contribution in [2.24, 2.45) is 0 Å². The summed E-state index contributed by atoms with van der Waals surface area (Å²) in [4.78, 5) is 13.1. The number of benzene rings is 2. The van der Waals surface area contributed by atoms with Crippen LogP contribution < -0.4 is 4.74 Å². The minimum atomic E-state index is -0.570. The fourth-order valence-electron chi connectivity index (χ4n) is 4.96. The van der Waals surface area contributed by atoms with Gasteiger partial charge in [-0.2, -0.15) is 0 Å². The molecule has 2 unspecified atom stereocenters. The van der Waals surface area contributed by atoms with Gasteiger partial charge in [-0.15, -0.1) is 0 Å². The Labute approximate surface area is 239 Å². The van der Waals surface area contributed by atoms with Gasteiger partial charge in [-0.05, 0) is 43.9 Å². The van der Waals surface area contributed by atoms with Crippen LogP contribution in [0.4, 0.5) is 0 Å². The van der Waals surface area contributed by atoms with Crippen molar-refractivity contribution < 1.29 is 18.8 Å². The van der Waals surface area contributed by atoms with E-state index in [9.17, 15) is 4.79 Å². The average molecular weight is 539 g/mol. The normalized spacial score (nSPS) is 13.2. The summed E-state index contributed by atoms with van der Waals surface area (Å²) in [6.45, 7) is 7.06. The molecule has 0 N–H and O–H groups in total. The lowest BCUT2D eigenvalue weighted by molar-refractivity contribution is -0.917. The lowest BCUT2D eigenvalue weighted by Crippen LogP contribution is -2.52. The molecule has 218 valence electrons. The number of likely N-dealkylation sites (N-methyl/N-ethyl adjacent to an activating group) is 1. The summed E-state index contributed by atoms with van der Waals surface area (Å²) >= 11 is 0. The highest BCUT2D eigenvalue weighted by Crippen LogP contribution is 2.21. The third-order valence-corrected chi connectivity index (χ3v) is 7.85. The Kier molecular flexibility index (Phi) is 15.9. The summed E-state index contributed by atoms with van der Waals surface area (Å²) in [5.41, 5.74) is 2.55. The molecule has 0 spiro atoms. The van der Waals surface area contributed by atoms with Crippen molar-refractivity contribution in [3.63, 3.8) is 0 Å². The van der Waals surface area contributed by atoms with E-state index in [2.05, 4.69) is 52.2 Å². The number of carbonyl (C=O) groups is 1. The zero-order chi connectivity index (χ0) is 28.3. The van der Waals surface area contributed by atoms with E-state index in [1.807, 2.05) is 37.3 Å². The highest BCUT2D eigenvalue weighted by molar-refractivity contribution is 5.74. The predicted molar refractivity (Wildman–Crippen MR) is 164 cm³/mol. The Balaban J connectivity index is 1.72. The van der Waals surface area contributed by atoms with Gasteiger partial charge in [-0.1, -0.05) is 121 Å². The topological polar surface area (TPSA) is 35.5 Å². The SMILES string of the molecule is CCCCCCCCCCCCCc1ccc(OC(CCC)OC(=O)C(C)[N+](C)(C)Cc2ccccc2)cc1. The molecule has 0 aliphatic rings. The summed E-state index contributed by atoms with van der Waals surface area (Å²) < 4.78 is 12.5. The van der Waals surface area contributed by atoms with Crippen LogP contribution in [0.1, 0.15) is 115 Å². The number of unbranched alkanes of at least 4 members (excludes halogenated alkanes) is 10. The van der Waals surface area contributed by atoms with Crippen molar-refractivity contribution in [2.75, 3.05) is 14.1 Å². The molecule has 2 aromatic carbocycles. The smallest absolute Gasteiger partial charge is 0.367 e. The number of rotatable bonds is 21. The van der Waals surface area contributed by atoms with Gasteiger partial charge in [0.25, 0.3) is 0 Å². The molecule has 0 amide bonds. The highest BCUT2D eigenvalue weighted by Gasteiger charge is 2.34. The monoisotopic (exact) mass is 538 g/mol. The lowest BCUT2D eigenvalue weighted by Gasteiger charge is -2.35. The number of carbonyl (C=O) groups excluding carboxylic acids is 1. The molecule has 0 fully saturated rings. The van der Waals surface area contributed by atoms with E-state index in [0.29, 0.717) is 10.9 Å². The van der Waals surface area contributed by atoms with E-state index in [4.69, 9.17) is 9.47 Å². The molecule has 0 aromatic heterocycles. The van der Waals surface area contributed by atoms with Gasteiger partial charge >= 0.3 is 5.97 Å². The number of esters is 1. The van der Waals surface area contributed by atoms with Crippen molar-refractivity contribution >= 4 is 5.97 Å². The average Bonchev–Trinajstić information content (AvgIpc) is 2.92. The summed E-state index contributed by atoms with van der Waals surface area (Å²) in [7, 11) is 4.14. The molecular weight excluding hydrogens is 482 g/mol. The van der Waals surface area contributed by atoms with E-state index in [1.165, 1.54) is 81.8 Å². The van der Waals surface area contributed by atoms with Crippen molar-refractivity contribution in [3.8, 4) is 5.75 Å². The molecule has 0 heterocycles. The van der Waals surface area contributed by atoms with Crippen LogP contribution in [0.2, 0.25) is 0 Å². The molecule has 0 aliphatic carbocycles. The second-order valence-corrected chi connectivity index (χ2v) is 11.8. The van der Waals surface area contributed by atoms with Crippen molar-refractivity contribution in [2.45, 2.75) is 130 Å². The van der Waals surface area contributed by atoms with Gasteiger partial charge in [-0.25, -0.2) is 4.79 Å². The fourth-order valence-corrected chi connectivity index (χ4v) is 4.96. The molecule has 39 heavy (non-hydrogen) atoms. The number of aryl methyl sites for hydroxylation is 1. The number of nitrogens with zero attached hydrogens (tertiary/aromatic N) is 1. The van der Waals surface area contributed by atoms with Crippen LogP contribution in [0.3, 0.4) is 0 Å². The van der Waals surface area contributed by atoms with E-state index in [1.54, 1.807) is 0 Å². The summed E-state index contributed by atoms with van der Waals surface area (Å²) in [5, 5.41) is 0. The molecule has 0 bridgehead atoms. The van der Waals surface area contributed by atoms with Gasteiger partial charge in [0, 0.05) is 12.0 Å². The maximum absolute atomic E-state index is 13.1. The Hall–Kier alpha value is -2.33. The van der Waals surface area contributed by atoms with Crippen molar-refractivity contribution in [3.05, 3.63) is 65.7 Å². The van der Waals surface area contributed by atoms with Crippen LogP contribution in [0.25, 0.3) is 0 Å². The first-order chi connectivity index (χ1) is 18.9. The summed E-state index contributed by atoms with van der Waals surface area (Å²) in [6.07, 6.45) is 17.1. The quantitative estimate of drug-likeness (QED) is 0.0687. The van der Waals surface area contributed by atoms with Crippen LogP contribution in [-0.4, -0.2) is 36.9 Å². The first kappa shape index (κ1) is 32.9. The minimum absolute atomic E-state index is 0.220. The van der Waals surface area contributed by atoms with Gasteiger partial charge in [0.1, 0.15) is 12.3 Å². The lowest BCUT2D eigenvalue weighted by atomic mass is 10.0. The van der Waals surface area contributed by atoms with Gasteiger partial charge in [0.15, 0.2) is 6.04 Å². The molecule has 0 saturated heterocycles. The standard InChI is InChI=1S/C35H56NO3/c1-6-8-9-10-11-12-13-14-15-16-18-22-31-25-27-33(28-26-31)38-34(21-7-2)39-35(37)30(3)36(4,5)29-32-23-19-17-20-24-32/h17,19-20,23-28,30,34H,6-16,18,21-22,29H2,1-5H3/q+1. The zero-order valence-electron chi connectivity index (χ0n) is 25.6. The van der Waals surface area contributed by atoms with E-state index < -0.39 is 6.29 Å². The van der Waals surface area contributed by atoms with Crippen molar-refractivity contribution in [1.29, 1.82) is 0 Å². The molecule has 4 heteroatoms. The molecule has 2 atom stereocenters. The Bertz CT molecular complexity index is 894. The van der Waals surface area contributed by atoms with Crippen LogP contribution in [0, 0.1) is 0 Å². The number of quaternary nitrogens is 1. The van der Waals surface area contributed by atoms with E-state index in [-0.39, 0.29) is 12.0 Å². The molecule has 2 aromatic rings. The molecule has 0 radical (unpaired) electrons. The predicted octanol–water partition coefficient (Wildman–Crippen LogP) is 9.25. The van der Waals surface area contributed by atoms with Gasteiger partial charge in [-0.3, -0.25) is 0 Å². The number of ether oxygens (including phenoxy) is 2. The third-order valence-electron chi connectivity index (χ3n) is 7.85. The maximum Gasteiger partial charge on any atom is 0.367 e. The second kappa shape index (κ2) is 18.9. The largest absolute Gasteiger partial charge is 0.455 e. The van der Waals surface area contributed by atoms with Gasteiger partial charge in [0.05, 0.1) is 14.1 Å². The Morgan fingerprint density at radius 1 is 0.718 bits per heavy atom. The number of hydrogen-bond acceptors (Lipinski definition) is 3. The number of hydrogen-bond donors (Lipinski definition) is 0. The molecule has 4 nitrogen and oxygen atoms in total. The first-order valence-electron chi connectivity index (χ1n) is 15.7. The third kappa shape index (κ3) is 13.5. The van der Waals surface area contributed by atoms with E-state index in [0.717, 1.165) is 25.1 Å². The van der Waals surface area contributed by atoms with Crippen LogP contribution >= 0.6 is 0 Å². The minimum Gasteiger partial charge on any atom is -0.455 e. The first-order valence-corrected chi connectivity index (χ1v) is 15.7. The maximum atomic E-state index is 13.1. The molecule has 0 aliphatic heterocycles. The second-order valence-electron chi connectivity index (χ2n) is 11.8. The Morgan fingerprint density at radius 2 is 1.28 bits per heavy atom. The van der Waals surface area contributed by atoms with Crippen LogP contribution in [0.15, 0.2) is 54.6 Å². The van der Waals surface area contributed by atoms with Crippen molar-refractivity contribution in [1.82, 2.24) is 0 Å².